The van der Waals surface area contributed by atoms with E-state index in [0.717, 1.165) is 63.4 Å². The van der Waals surface area contributed by atoms with Crippen molar-refractivity contribution < 1.29 is 14.3 Å². The largest absolute Gasteiger partial charge is 0.462 e. The number of aryl methyl sites for hydroxylation is 1. The molecule has 0 radical (unpaired) electrons. The van der Waals surface area contributed by atoms with Crippen LogP contribution in [0.1, 0.15) is 63.3 Å². The number of likely N-dealkylation sites (tertiary alicyclic amines) is 1. The van der Waals surface area contributed by atoms with E-state index in [0.29, 0.717) is 25.2 Å². The maximum absolute atomic E-state index is 12.4. The van der Waals surface area contributed by atoms with Gasteiger partial charge in [0.2, 0.25) is 0 Å². The molecule has 1 amide bonds. The lowest BCUT2D eigenvalue weighted by Crippen LogP contribution is -2.47. The molecular weight excluding hydrogens is 540 g/mol. The van der Waals surface area contributed by atoms with E-state index in [1.165, 1.54) is 34.0 Å². The number of hydrogen-bond donors (Lipinski definition) is 1. The second-order valence-electron chi connectivity index (χ2n) is 13.4. The molecule has 1 atom stereocenters. The molecule has 1 N–H and O–H groups in total. The predicted molar refractivity (Wildman–Crippen MR) is 171 cm³/mol. The number of nitrogens with one attached hydrogen (secondary N) is 1. The van der Waals surface area contributed by atoms with Gasteiger partial charge in [-0.2, -0.15) is 9.97 Å². The first-order chi connectivity index (χ1) is 20.6. The Bertz CT molecular complexity index is 1460. The van der Waals surface area contributed by atoms with E-state index >= 15 is 0 Å². The van der Waals surface area contributed by atoms with E-state index in [-0.39, 0.29) is 12.1 Å². The summed E-state index contributed by atoms with van der Waals surface area (Å²) >= 11 is 0. The van der Waals surface area contributed by atoms with Crippen LogP contribution in [0.15, 0.2) is 36.4 Å². The topological polar surface area (TPSA) is 83.1 Å². The van der Waals surface area contributed by atoms with Crippen molar-refractivity contribution in [3.05, 3.63) is 53.2 Å². The fraction of sp³-hybridized carbons (Fsp3) is 0.559. The van der Waals surface area contributed by atoms with Gasteiger partial charge in [0.1, 0.15) is 18.0 Å². The molecular formula is C34H46N6O3. The summed E-state index contributed by atoms with van der Waals surface area (Å²) in [7, 11) is 2.17. The summed E-state index contributed by atoms with van der Waals surface area (Å²) in [5, 5.41) is 5.63. The Kier molecular flexibility index (Phi) is 8.36. The average Bonchev–Trinajstić information content (AvgIpc) is 3.39. The summed E-state index contributed by atoms with van der Waals surface area (Å²) in [4.78, 5) is 29.6. The molecule has 9 heteroatoms. The van der Waals surface area contributed by atoms with Gasteiger partial charge in [-0.05, 0) is 90.4 Å². The Morgan fingerprint density at radius 2 is 1.77 bits per heavy atom. The highest BCUT2D eigenvalue weighted by Gasteiger charge is 2.30. The Morgan fingerprint density at radius 1 is 1.00 bits per heavy atom. The van der Waals surface area contributed by atoms with E-state index in [2.05, 4.69) is 70.4 Å². The van der Waals surface area contributed by atoms with Crippen molar-refractivity contribution in [3.8, 4) is 6.01 Å². The molecule has 0 unspecified atom stereocenters. The van der Waals surface area contributed by atoms with Crippen LogP contribution in [0.2, 0.25) is 0 Å². The van der Waals surface area contributed by atoms with Crippen molar-refractivity contribution >= 4 is 28.4 Å². The molecule has 3 aromatic rings. The molecule has 0 aliphatic carbocycles. The highest BCUT2D eigenvalue weighted by molar-refractivity contribution is 5.97. The van der Waals surface area contributed by atoms with E-state index in [1.54, 1.807) is 0 Å². The van der Waals surface area contributed by atoms with Gasteiger partial charge in [0.15, 0.2) is 0 Å². The third-order valence-electron chi connectivity index (χ3n) is 9.05. The molecule has 4 heterocycles. The van der Waals surface area contributed by atoms with Crippen LogP contribution in [0.5, 0.6) is 6.01 Å². The number of carbonyl (C=O) groups is 1. The number of rotatable bonds is 6. The molecule has 2 fully saturated rings. The number of ether oxygens (including phenoxy) is 2. The number of carbonyl (C=O) groups excluding carboxylic acids is 1. The van der Waals surface area contributed by atoms with Gasteiger partial charge in [0, 0.05) is 48.4 Å². The molecule has 0 spiro atoms. The van der Waals surface area contributed by atoms with E-state index in [4.69, 9.17) is 19.4 Å². The Balaban J connectivity index is 1.24. The van der Waals surface area contributed by atoms with E-state index in [1.807, 2.05) is 20.8 Å². The molecule has 2 saturated heterocycles. The van der Waals surface area contributed by atoms with Crippen LogP contribution in [-0.2, 0) is 17.7 Å². The number of nitrogens with zero attached hydrogens (tertiary/aromatic N) is 5. The highest BCUT2D eigenvalue weighted by Crippen LogP contribution is 2.36. The molecule has 0 saturated carbocycles. The molecule has 43 heavy (non-hydrogen) atoms. The van der Waals surface area contributed by atoms with Crippen molar-refractivity contribution in [1.29, 1.82) is 0 Å². The maximum atomic E-state index is 12.4. The van der Waals surface area contributed by atoms with E-state index < -0.39 is 5.60 Å². The van der Waals surface area contributed by atoms with Crippen LogP contribution >= 0.6 is 0 Å². The Morgan fingerprint density at radius 3 is 2.49 bits per heavy atom. The van der Waals surface area contributed by atoms with Gasteiger partial charge in [-0.3, -0.25) is 0 Å². The van der Waals surface area contributed by atoms with Crippen LogP contribution in [0.3, 0.4) is 0 Å². The zero-order chi connectivity index (χ0) is 30.1. The molecule has 6 rings (SSSR count). The van der Waals surface area contributed by atoms with Crippen LogP contribution in [0.25, 0.3) is 10.8 Å². The van der Waals surface area contributed by atoms with Gasteiger partial charge < -0.3 is 29.5 Å². The molecule has 230 valence electrons. The number of amides is 1. The monoisotopic (exact) mass is 586 g/mol. The van der Waals surface area contributed by atoms with Gasteiger partial charge in [-0.25, -0.2) is 4.79 Å². The Hall–Kier alpha value is -3.59. The normalized spacial score (nSPS) is 19.9. The molecule has 9 nitrogen and oxygen atoms in total. The zero-order valence-electron chi connectivity index (χ0n) is 26.4. The smallest absolute Gasteiger partial charge is 0.407 e. The van der Waals surface area contributed by atoms with Gasteiger partial charge in [0.25, 0.3) is 0 Å². The SMILES string of the molecule is Cc1cccc2cccc(N3CCc4c(nc(OC[C@@H]5CCCN5C)nc4N4CCC(NC(=O)OC(C)(C)C)CC4)C3)c12. The number of anilines is 2. The summed E-state index contributed by atoms with van der Waals surface area (Å²) in [6.07, 6.45) is 4.54. The maximum Gasteiger partial charge on any atom is 0.407 e. The minimum atomic E-state index is -0.507. The van der Waals surface area contributed by atoms with Crippen molar-refractivity contribution in [2.24, 2.45) is 0 Å². The number of benzene rings is 2. The molecule has 0 bridgehead atoms. The fourth-order valence-corrected chi connectivity index (χ4v) is 6.76. The minimum absolute atomic E-state index is 0.0856. The van der Waals surface area contributed by atoms with Gasteiger partial charge in [0.05, 0.1) is 12.2 Å². The highest BCUT2D eigenvalue weighted by atomic mass is 16.6. The van der Waals surface area contributed by atoms with Crippen molar-refractivity contribution in [2.75, 3.05) is 49.6 Å². The first-order valence-electron chi connectivity index (χ1n) is 15.9. The molecule has 1 aromatic heterocycles. The lowest BCUT2D eigenvalue weighted by atomic mass is 9.99. The third-order valence-corrected chi connectivity index (χ3v) is 9.05. The summed E-state index contributed by atoms with van der Waals surface area (Å²) in [6, 6.07) is 14.0. The van der Waals surface area contributed by atoms with Crippen molar-refractivity contribution in [2.45, 2.75) is 84.0 Å². The summed E-state index contributed by atoms with van der Waals surface area (Å²) < 4.78 is 11.8. The lowest BCUT2D eigenvalue weighted by Gasteiger charge is -2.37. The Labute approximate surface area is 255 Å². The van der Waals surface area contributed by atoms with Gasteiger partial charge >= 0.3 is 12.1 Å². The third kappa shape index (κ3) is 6.66. The minimum Gasteiger partial charge on any atom is -0.462 e. The van der Waals surface area contributed by atoms with Crippen LogP contribution in [0.4, 0.5) is 16.3 Å². The molecule has 2 aromatic carbocycles. The van der Waals surface area contributed by atoms with Crippen molar-refractivity contribution in [3.63, 3.8) is 0 Å². The summed E-state index contributed by atoms with van der Waals surface area (Å²) in [6.45, 7) is 12.8. The lowest BCUT2D eigenvalue weighted by molar-refractivity contribution is 0.0497. The van der Waals surface area contributed by atoms with Crippen LogP contribution in [-0.4, -0.2) is 78.5 Å². The van der Waals surface area contributed by atoms with Gasteiger partial charge in [-0.1, -0.05) is 30.3 Å². The zero-order valence-corrected chi connectivity index (χ0v) is 26.4. The molecule has 3 aliphatic heterocycles. The predicted octanol–water partition coefficient (Wildman–Crippen LogP) is 5.47. The summed E-state index contributed by atoms with van der Waals surface area (Å²) in [5.74, 6) is 0.990. The first-order valence-corrected chi connectivity index (χ1v) is 15.9. The van der Waals surface area contributed by atoms with Gasteiger partial charge in [-0.15, -0.1) is 0 Å². The number of likely N-dealkylation sites (N-methyl/N-ethyl adjacent to an activating group) is 1. The number of fused-ring (bicyclic) bond motifs is 2. The number of alkyl carbamates (subject to hydrolysis) is 1. The van der Waals surface area contributed by atoms with Crippen LogP contribution in [0, 0.1) is 6.92 Å². The second kappa shape index (κ2) is 12.2. The molecule has 3 aliphatic rings. The number of piperidine rings is 1. The number of hydrogen-bond acceptors (Lipinski definition) is 8. The second-order valence-corrected chi connectivity index (χ2v) is 13.4. The summed E-state index contributed by atoms with van der Waals surface area (Å²) in [5.41, 5.74) is 4.30. The van der Waals surface area contributed by atoms with E-state index in [9.17, 15) is 4.79 Å². The number of aromatic nitrogens is 2. The van der Waals surface area contributed by atoms with Crippen molar-refractivity contribution in [1.82, 2.24) is 20.2 Å². The fourth-order valence-electron chi connectivity index (χ4n) is 6.76. The first kappa shape index (κ1) is 29.5. The average molecular weight is 587 g/mol. The quantitative estimate of drug-likeness (QED) is 0.407. The van der Waals surface area contributed by atoms with Crippen LogP contribution < -0.4 is 19.9 Å². The standard InChI is InChI=1S/C34H46N6O3/c1-23-9-6-10-24-11-7-13-29(30(23)24)40-20-16-27-28(21-40)36-32(42-22-26-12-8-17-38(26)5)37-31(27)39-18-14-25(15-19-39)35-33(41)43-34(2,3)4/h6-7,9-11,13,25-26H,8,12,14-22H2,1-5H3,(H,35,41)/t26-/m0/s1.